The Morgan fingerprint density at radius 1 is 1.02 bits per heavy atom. The molecule has 0 N–H and O–H groups in total. The molecule has 258 valence electrons. The zero-order valence-electron chi connectivity index (χ0n) is 29.3. The Hall–Kier alpha value is -4.96. The van der Waals surface area contributed by atoms with Crippen LogP contribution in [0.4, 0.5) is 5.69 Å². The van der Waals surface area contributed by atoms with Crippen molar-refractivity contribution < 1.29 is 28.7 Å². The summed E-state index contributed by atoms with van der Waals surface area (Å²) in [7, 11) is 0. The number of esters is 2. The molecule has 0 radical (unpaired) electrons. The summed E-state index contributed by atoms with van der Waals surface area (Å²) in [5, 5.41) is 11.6. The lowest BCUT2D eigenvalue weighted by Gasteiger charge is -2.32. The van der Waals surface area contributed by atoms with E-state index in [1.165, 1.54) is 23.8 Å². The second-order valence-corrected chi connectivity index (χ2v) is 13.5. The second kappa shape index (κ2) is 16.4. The molecule has 10 heteroatoms. The summed E-state index contributed by atoms with van der Waals surface area (Å²) in [5.74, 6) is -3.06. The van der Waals surface area contributed by atoms with E-state index in [1.807, 2.05) is 33.0 Å². The van der Waals surface area contributed by atoms with Gasteiger partial charge in [0.15, 0.2) is 0 Å². The van der Waals surface area contributed by atoms with Gasteiger partial charge in [-0.2, -0.15) is 0 Å². The third-order valence-corrected chi connectivity index (χ3v) is 8.03. The number of non-ortho nitro benzene ring substituents is 1. The number of ether oxygens (including phenoxy) is 3. The van der Waals surface area contributed by atoms with Gasteiger partial charge in [0.1, 0.15) is 5.92 Å². The third kappa shape index (κ3) is 10.3. The number of aliphatic imine (C=N–C) groups is 1. The van der Waals surface area contributed by atoms with Crippen LogP contribution in [0, 0.1) is 21.4 Å². The smallest absolute Gasteiger partial charge is 0.336 e. The van der Waals surface area contributed by atoms with E-state index in [-0.39, 0.29) is 17.9 Å². The van der Waals surface area contributed by atoms with E-state index >= 15 is 0 Å². The van der Waals surface area contributed by atoms with E-state index in [2.05, 4.69) is 46.4 Å². The Kier molecular flexibility index (Phi) is 12.4. The van der Waals surface area contributed by atoms with E-state index in [0.717, 1.165) is 23.1 Å². The molecule has 0 aliphatic carbocycles. The number of rotatable bonds is 14. The Balaban J connectivity index is 1.41. The van der Waals surface area contributed by atoms with Crippen molar-refractivity contribution in [2.75, 3.05) is 19.8 Å². The van der Waals surface area contributed by atoms with Crippen LogP contribution < -0.4 is 0 Å². The number of hydrogen-bond acceptors (Lipinski definition) is 9. The average Bonchev–Trinajstić information content (AvgIpc) is 3.04. The molecule has 1 aromatic heterocycles. The molecule has 49 heavy (non-hydrogen) atoms. The summed E-state index contributed by atoms with van der Waals surface area (Å²) >= 11 is 0. The van der Waals surface area contributed by atoms with Gasteiger partial charge in [0.2, 0.25) is 0 Å². The molecule has 1 aliphatic rings. The van der Waals surface area contributed by atoms with Crippen molar-refractivity contribution in [3.63, 3.8) is 0 Å². The van der Waals surface area contributed by atoms with Crippen molar-refractivity contribution in [1.29, 1.82) is 0 Å². The number of carbonyl (C=O) groups excluding carboxylic acids is 2. The van der Waals surface area contributed by atoms with Gasteiger partial charge < -0.3 is 14.2 Å². The fraction of sp³-hybridized carbons (Fsp3) is 0.385. The number of carbonyl (C=O) groups is 2. The quantitative estimate of drug-likeness (QED) is 0.0973. The van der Waals surface area contributed by atoms with Gasteiger partial charge in [0, 0.05) is 47.3 Å². The van der Waals surface area contributed by atoms with Gasteiger partial charge in [0.25, 0.3) is 5.69 Å². The number of nitro groups is 1. The van der Waals surface area contributed by atoms with Crippen LogP contribution in [0.1, 0.15) is 76.6 Å². The van der Waals surface area contributed by atoms with Crippen LogP contribution in [0.5, 0.6) is 0 Å². The summed E-state index contributed by atoms with van der Waals surface area (Å²) in [6.07, 6.45) is 6.14. The lowest BCUT2D eigenvalue weighted by molar-refractivity contribution is -0.384. The Bertz CT molecular complexity index is 1740. The van der Waals surface area contributed by atoms with E-state index in [0.29, 0.717) is 30.2 Å². The molecule has 0 saturated heterocycles. The SMILES string of the molecule is CC(=Cc1ccc(Cc2cccnc2)cc1)COCC(C)(C)COC(=O)C1=C(C)N=C(C)C(C(=O)OC(C)C)C1c1cccc([N+](=O)[O-])c1. The molecule has 0 fully saturated rings. The number of nitro benzene ring substituents is 1. The van der Waals surface area contributed by atoms with Gasteiger partial charge in [-0.25, -0.2) is 4.79 Å². The molecule has 2 aromatic carbocycles. The molecular weight excluding hydrogens is 622 g/mol. The van der Waals surface area contributed by atoms with Gasteiger partial charge >= 0.3 is 11.9 Å². The van der Waals surface area contributed by atoms with Crippen LogP contribution in [0.25, 0.3) is 6.08 Å². The molecule has 0 amide bonds. The molecule has 0 spiro atoms. The molecule has 2 unspecified atom stereocenters. The first-order valence-corrected chi connectivity index (χ1v) is 16.3. The maximum absolute atomic E-state index is 13.8. The molecule has 1 aliphatic heterocycles. The van der Waals surface area contributed by atoms with Crippen LogP contribution in [0.15, 0.2) is 94.9 Å². The van der Waals surface area contributed by atoms with Gasteiger partial charge in [-0.1, -0.05) is 62.4 Å². The molecule has 4 rings (SSSR count). The highest BCUT2D eigenvalue weighted by Crippen LogP contribution is 2.41. The molecule has 2 atom stereocenters. The fourth-order valence-corrected chi connectivity index (χ4v) is 5.77. The predicted octanol–water partition coefficient (Wildman–Crippen LogP) is 7.67. The van der Waals surface area contributed by atoms with E-state index in [4.69, 9.17) is 14.2 Å². The normalized spacial score (nSPS) is 16.7. The van der Waals surface area contributed by atoms with Crippen LogP contribution in [-0.4, -0.2) is 53.5 Å². The van der Waals surface area contributed by atoms with E-state index < -0.39 is 40.2 Å². The molecule has 3 aromatic rings. The predicted molar refractivity (Wildman–Crippen MR) is 189 cm³/mol. The largest absolute Gasteiger partial charge is 0.462 e. The standard InChI is InChI=1S/C39H45N3O7/c1-25(2)49-38(44)35-28(5)41-27(4)34(36(35)32-11-8-12-33(20-32)42(45)46)37(43)48-24-39(6,7)23-47-22-26(3)18-29-13-15-30(16-14-29)19-31-10-9-17-40-21-31/h8-18,20-21,25,35-36H,19,22-24H2,1-7H3. The van der Waals surface area contributed by atoms with Gasteiger partial charge in [-0.05, 0) is 74.9 Å². The summed E-state index contributed by atoms with van der Waals surface area (Å²) in [6.45, 7) is 13.5. The van der Waals surface area contributed by atoms with Crippen LogP contribution in [-0.2, 0) is 30.2 Å². The van der Waals surface area contributed by atoms with Gasteiger partial charge in [-0.3, -0.25) is 24.9 Å². The summed E-state index contributed by atoms with van der Waals surface area (Å²) in [4.78, 5) is 46.9. The Morgan fingerprint density at radius 2 is 1.76 bits per heavy atom. The first-order valence-electron chi connectivity index (χ1n) is 16.3. The number of hydrogen-bond donors (Lipinski definition) is 0. The fourth-order valence-electron chi connectivity index (χ4n) is 5.77. The third-order valence-electron chi connectivity index (χ3n) is 8.03. The highest BCUT2D eigenvalue weighted by molar-refractivity contribution is 6.07. The van der Waals surface area contributed by atoms with Crippen molar-refractivity contribution >= 4 is 29.4 Å². The first-order chi connectivity index (χ1) is 23.2. The Morgan fingerprint density at radius 3 is 2.41 bits per heavy atom. The minimum Gasteiger partial charge on any atom is -0.462 e. The number of aromatic nitrogens is 1. The van der Waals surface area contributed by atoms with E-state index in [1.54, 1.807) is 40.0 Å². The highest BCUT2D eigenvalue weighted by Gasteiger charge is 2.43. The van der Waals surface area contributed by atoms with Crippen LogP contribution in [0.3, 0.4) is 0 Å². The summed E-state index contributed by atoms with van der Waals surface area (Å²) < 4.78 is 17.4. The molecule has 2 heterocycles. The van der Waals surface area contributed by atoms with Crippen molar-refractivity contribution in [2.24, 2.45) is 16.3 Å². The monoisotopic (exact) mass is 667 g/mol. The van der Waals surface area contributed by atoms with Crippen molar-refractivity contribution in [2.45, 2.75) is 66.9 Å². The van der Waals surface area contributed by atoms with Crippen molar-refractivity contribution in [3.8, 4) is 0 Å². The summed E-state index contributed by atoms with van der Waals surface area (Å²) in [6, 6.07) is 18.3. The maximum Gasteiger partial charge on any atom is 0.336 e. The molecule has 0 saturated carbocycles. The van der Waals surface area contributed by atoms with Crippen molar-refractivity contribution in [1.82, 2.24) is 4.98 Å². The minimum atomic E-state index is -0.959. The lowest BCUT2D eigenvalue weighted by atomic mass is 9.75. The second-order valence-electron chi connectivity index (χ2n) is 13.5. The Labute approximate surface area is 288 Å². The van der Waals surface area contributed by atoms with Gasteiger partial charge in [-0.15, -0.1) is 0 Å². The number of allylic oxidation sites excluding steroid dienone is 1. The minimum absolute atomic E-state index is 0.0369. The molecular formula is C39H45N3O7. The van der Waals surface area contributed by atoms with Crippen LogP contribution >= 0.6 is 0 Å². The maximum atomic E-state index is 13.8. The molecule has 0 bridgehead atoms. The van der Waals surface area contributed by atoms with E-state index in [9.17, 15) is 19.7 Å². The molecule has 10 nitrogen and oxygen atoms in total. The zero-order valence-corrected chi connectivity index (χ0v) is 29.3. The zero-order chi connectivity index (χ0) is 35.7. The number of pyridine rings is 1. The van der Waals surface area contributed by atoms with Gasteiger partial charge in [0.05, 0.1) is 36.4 Å². The lowest BCUT2D eigenvalue weighted by Crippen LogP contribution is -2.38. The van der Waals surface area contributed by atoms with Crippen LogP contribution in [0.2, 0.25) is 0 Å². The number of benzene rings is 2. The van der Waals surface area contributed by atoms with Crippen molar-refractivity contribution in [3.05, 3.63) is 122 Å². The average molecular weight is 668 g/mol. The topological polar surface area (TPSA) is 130 Å². The number of nitrogens with zero attached hydrogens (tertiary/aromatic N) is 3. The summed E-state index contributed by atoms with van der Waals surface area (Å²) in [5.41, 5.74) is 5.22. The first kappa shape index (κ1) is 36.9. The highest BCUT2D eigenvalue weighted by atomic mass is 16.6.